The predicted octanol–water partition coefficient (Wildman–Crippen LogP) is -0.152. The molecular formula is C11H16N4O5. The molecule has 1 fully saturated rings. The number of nitrogens with zero attached hydrogens (tertiary/aromatic N) is 4. The number of hydrogen-bond donors (Lipinski definition) is 0. The van der Waals surface area contributed by atoms with Crippen LogP contribution in [0.1, 0.15) is 5.69 Å². The number of carbonyl (C=O) groups excluding carboxylic acids is 2. The SMILES string of the molecule is Cc1c([N+](=O)[O-])cnn1CCN1CCOCC1.O=C=O. The molecule has 1 aliphatic rings. The van der Waals surface area contributed by atoms with E-state index >= 15 is 0 Å². The number of aromatic nitrogens is 2. The van der Waals surface area contributed by atoms with Gasteiger partial charge in [0.25, 0.3) is 0 Å². The van der Waals surface area contributed by atoms with Gasteiger partial charge in [-0.15, -0.1) is 0 Å². The highest BCUT2D eigenvalue weighted by molar-refractivity contribution is 5.31. The van der Waals surface area contributed by atoms with Crippen LogP contribution in [0.5, 0.6) is 0 Å². The van der Waals surface area contributed by atoms with Gasteiger partial charge in [-0.05, 0) is 6.92 Å². The third-order valence-electron chi connectivity index (χ3n) is 3.01. The minimum absolute atomic E-state index is 0.0898. The summed E-state index contributed by atoms with van der Waals surface area (Å²) in [4.78, 5) is 28.8. The van der Waals surface area contributed by atoms with Crippen molar-refractivity contribution in [1.82, 2.24) is 14.7 Å². The Labute approximate surface area is 115 Å². The van der Waals surface area contributed by atoms with Crippen LogP contribution < -0.4 is 0 Å². The number of morpholine rings is 1. The first-order valence-electron chi connectivity index (χ1n) is 6.06. The van der Waals surface area contributed by atoms with E-state index in [4.69, 9.17) is 14.3 Å². The normalized spacial score (nSPS) is 15.1. The summed E-state index contributed by atoms with van der Waals surface area (Å²) in [6.07, 6.45) is 1.56. The topological polar surface area (TPSA) is 108 Å². The van der Waals surface area contributed by atoms with Crippen molar-refractivity contribution >= 4 is 11.8 Å². The van der Waals surface area contributed by atoms with Gasteiger partial charge in [-0.3, -0.25) is 19.7 Å². The first-order chi connectivity index (χ1) is 9.60. The van der Waals surface area contributed by atoms with E-state index in [0.717, 1.165) is 32.8 Å². The molecule has 9 nitrogen and oxygen atoms in total. The molecule has 2 heterocycles. The molecule has 0 bridgehead atoms. The first-order valence-corrected chi connectivity index (χ1v) is 6.06. The molecule has 0 amide bonds. The second-order valence-corrected chi connectivity index (χ2v) is 4.13. The molecule has 9 heteroatoms. The van der Waals surface area contributed by atoms with Crippen LogP contribution in [0.4, 0.5) is 5.69 Å². The Hall–Kier alpha value is -2.09. The van der Waals surface area contributed by atoms with Crippen LogP contribution >= 0.6 is 0 Å². The number of hydrogen-bond acceptors (Lipinski definition) is 7. The summed E-state index contributed by atoms with van der Waals surface area (Å²) >= 11 is 0. The second-order valence-electron chi connectivity index (χ2n) is 4.13. The Morgan fingerprint density at radius 3 is 2.50 bits per heavy atom. The van der Waals surface area contributed by atoms with E-state index < -0.39 is 4.92 Å². The molecule has 0 aromatic carbocycles. The highest BCUT2D eigenvalue weighted by Crippen LogP contribution is 2.15. The van der Waals surface area contributed by atoms with Crippen LogP contribution in [-0.4, -0.2) is 58.6 Å². The van der Waals surface area contributed by atoms with E-state index in [-0.39, 0.29) is 11.8 Å². The van der Waals surface area contributed by atoms with Crippen molar-refractivity contribution in [2.45, 2.75) is 13.5 Å². The zero-order valence-electron chi connectivity index (χ0n) is 11.2. The summed E-state index contributed by atoms with van der Waals surface area (Å²) in [5.41, 5.74) is 0.704. The van der Waals surface area contributed by atoms with Crippen LogP contribution in [0.15, 0.2) is 6.20 Å². The fraction of sp³-hybridized carbons (Fsp3) is 0.636. The van der Waals surface area contributed by atoms with Crippen LogP contribution in [0, 0.1) is 17.0 Å². The van der Waals surface area contributed by atoms with E-state index in [1.165, 1.54) is 6.20 Å². The highest BCUT2D eigenvalue weighted by atomic mass is 16.6. The van der Waals surface area contributed by atoms with E-state index in [1.54, 1.807) is 11.6 Å². The molecular weight excluding hydrogens is 268 g/mol. The Morgan fingerprint density at radius 2 is 2.00 bits per heavy atom. The average molecular weight is 284 g/mol. The molecule has 110 valence electrons. The van der Waals surface area contributed by atoms with Crippen molar-refractivity contribution in [2.75, 3.05) is 32.8 Å². The van der Waals surface area contributed by atoms with Crippen molar-refractivity contribution in [3.63, 3.8) is 0 Å². The Kier molecular flexibility index (Phi) is 6.51. The largest absolute Gasteiger partial charge is 0.379 e. The first kappa shape index (κ1) is 16.0. The van der Waals surface area contributed by atoms with Crippen LogP contribution in [0.25, 0.3) is 0 Å². The summed E-state index contributed by atoms with van der Waals surface area (Å²) in [5, 5.41) is 14.7. The van der Waals surface area contributed by atoms with Gasteiger partial charge in [0.15, 0.2) is 0 Å². The van der Waals surface area contributed by atoms with Crippen LogP contribution in [0.3, 0.4) is 0 Å². The molecule has 1 aliphatic heterocycles. The lowest BCUT2D eigenvalue weighted by molar-refractivity contribution is -0.385. The smallest absolute Gasteiger partial charge is 0.373 e. The molecule has 0 radical (unpaired) electrons. The minimum atomic E-state index is -0.395. The van der Waals surface area contributed by atoms with E-state index in [1.807, 2.05) is 0 Å². The fourth-order valence-electron chi connectivity index (χ4n) is 1.90. The zero-order chi connectivity index (χ0) is 15.0. The third kappa shape index (κ3) is 4.54. The highest BCUT2D eigenvalue weighted by Gasteiger charge is 2.17. The minimum Gasteiger partial charge on any atom is -0.379 e. The summed E-state index contributed by atoms with van der Waals surface area (Å²) in [6, 6.07) is 0. The van der Waals surface area contributed by atoms with Crippen molar-refractivity contribution < 1.29 is 19.2 Å². The standard InChI is InChI=1S/C10H16N4O3.CO2/c1-9-10(14(15)16)8-11-13(9)3-2-12-4-6-17-7-5-12;2-1-3/h8H,2-7H2,1H3;. The zero-order valence-corrected chi connectivity index (χ0v) is 11.2. The number of ether oxygens (including phenoxy) is 1. The molecule has 0 spiro atoms. The Bertz CT molecular complexity index is 475. The van der Waals surface area contributed by atoms with Gasteiger partial charge in [0.1, 0.15) is 11.9 Å². The van der Waals surface area contributed by atoms with Gasteiger partial charge in [0, 0.05) is 19.6 Å². The summed E-state index contributed by atoms with van der Waals surface area (Å²) in [7, 11) is 0. The van der Waals surface area contributed by atoms with Crippen LogP contribution in [-0.2, 0) is 20.9 Å². The van der Waals surface area contributed by atoms with Gasteiger partial charge in [-0.25, -0.2) is 0 Å². The van der Waals surface area contributed by atoms with Gasteiger partial charge in [0.2, 0.25) is 0 Å². The van der Waals surface area contributed by atoms with Gasteiger partial charge >= 0.3 is 11.8 Å². The molecule has 0 atom stereocenters. The Balaban J connectivity index is 0.000000612. The van der Waals surface area contributed by atoms with Crippen molar-refractivity contribution in [3.05, 3.63) is 22.0 Å². The van der Waals surface area contributed by atoms with Crippen molar-refractivity contribution in [3.8, 4) is 0 Å². The number of rotatable bonds is 4. The maximum atomic E-state index is 10.7. The fourth-order valence-corrected chi connectivity index (χ4v) is 1.90. The summed E-state index contributed by atoms with van der Waals surface area (Å²) in [5.74, 6) is 0. The molecule has 20 heavy (non-hydrogen) atoms. The average Bonchev–Trinajstić information content (AvgIpc) is 2.80. The van der Waals surface area contributed by atoms with E-state index in [0.29, 0.717) is 12.2 Å². The molecule has 0 unspecified atom stereocenters. The van der Waals surface area contributed by atoms with Crippen molar-refractivity contribution in [1.29, 1.82) is 0 Å². The number of nitro groups is 1. The van der Waals surface area contributed by atoms with E-state index in [9.17, 15) is 10.1 Å². The lowest BCUT2D eigenvalue weighted by Gasteiger charge is -2.26. The van der Waals surface area contributed by atoms with Gasteiger partial charge in [0.05, 0.1) is 24.7 Å². The molecule has 0 aliphatic carbocycles. The second kappa shape index (κ2) is 8.16. The van der Waals surface area contributed by atoms with Crippen LogP contribution in [0.2, 0.25) is 0 Å². The quantitative estimate of drug-likeness (QED) is 0.558. The Morgan fingerprint density at radius 1 is 1.40 bits per heavy atom. The monoisotopic (exact) mass is 284 g/mol. The molecule has 0 N–H and O–H groups in total. The van der Waals surface area contributed by atoms with Gasteiger partial charge in [-0.1, -0.05) is 0 Å². The molecule has 1 aromatic rings. The molecule has 1 saturated heterocycles. The molecule has 1 aromatic heterocycles. The predicted molar refractivity (Wildman–Crippen MR) is 65.9 cm³/mol. The summed E-state index contributed by atoms with van der Waals surface area (Å²) in [6.45, 7) is 6.62. The lowest BCUT2D eigenvalue weighted by Crippen LogP contribution is -2.38. The molecule has 0 saturated carbocycles. The maximum absolute atomic E-state index is 10.7. The third-order valence-corrected chi connectivity index (χ3v) is 3.01. The molecule has 2 rings (SSSR count). The lowest BCUT2D eigenvalue weighted by atomic mass is 10.4. The van der Waals surface area contributed by atoms with Gasteiger partial charge in [-0.2, -0.15) is 14.7 Å². The maximum Gasteiger partial charge on any atom is 0.373 e. The van der Waals surface area contributed by atoms with Crippen molar-refractivity contribution in [2.24, 2.45) is 0 Å². The summed E-state index contributed by atoms with van der Waals surface area (Å²) < 4.78 is 6.95. The van der Waals surface area contributed by atoms with Gasteiger partial charge < -0.3 is 4.74 Å². The van der Waals surface area contributed by atoms with E-state index in [2.05, 4.69) is 10.00 Å².